The van der Waals surface area contributed by atoms with Crippen molar-refractivity contribution in [3.63, 3.8) is 0 Å². The Kier molecular flexibility index (Phi) is 2.83. The van der Waals surface area contributed by atoms with Crippen molar-refractivity contribution in [2.24, 2.45) is 34.1 Å². The minimum Gasteiger partial charge on any atom is -0.481 e. The number of ether oxygens (including phenoxy) is 1. The molecule has 5 heteroatoms. The maximum Gasteiger partial charge on any atom is 0.238 e. The molecule has 0 radical (unpaired) electrons. The molecule has 0 unspecified atom stereocenters. The highest BCUT2D eigenvalue weighted by Crippen LogP contribution is 2.74. The first-order valence-corrected chi connectivity index (χ1v) is 10.00. The number of amides is 2. The van der Waals surface area contributed by atoms with Crippen LogP contribution >= 0.6 is 0 Å². The monoisotopic (exact) mass is 362 g/mol. The molecule has 0 aromatic heterocycles. The molecule has 5 nitrogen and oxygen atoms in total. The van der Waals surface area contributed by atoms with Gasteiger partial charge in [0.1, 0.15) is 0 Å². The third-order valence-corrected chi connectivity index (χ3v) is 7.70. The smallest absolute Gasteiger partial charge is 0.238 e. The Balaban J connectivity index is 1.49. The lowest BCUT2D eigenvalue weighted by Gasteiger charge is -2.64. The highest BCUT2D eigenvalue weighted by atomic mass is 16.5. The van der Waals surface area contributed by atoms with Crippen molar-refractivity contribution in [3.05, 3.63) is 42.5 Å². The van der Waals surface area contributed by atoms with E-state index in [4.69, 9.17) is 9.73 Å². The standard InChI is InChI=1S/C22H22N2O3/c1-2-27-20-21-11-6-12-22(21,23-20)15-10-9-14(21)16-17(15)19(26)24(18(16)25)13-7-4-3-5-8-13/h3-5,7-10,14-17H,2,6,11-12H2,1H3/t14-,15-,16-,17-,21-,22+/m1/s1. The Morgan fingerprint density at radius 2 is 1.78 bits per heavy atom. The van der Waals surface area contributed by atoms with Gasteiger partial charge in [-0.05, 0) is 38.3 Å². The van der Waals surface area contributed by atoms with Crippen LogP contribution in [-0.4, -0.2) is 29.9 Å². The molecule has 27 heavy (non-hydrogen) atoms. The number of rotatable bonds is 2. The minimum atomic E-state index is -0.287. The Bertz CT molecular complexity index is 923. The summed E-state index contributed by atoms with van der Waals surface area (Å²) in [4.78, 5) is 33.3. The number of nitrogens with zero attached hydrogens (tertiary/aromatic N) is 2. The summed E-state index contributed by atoms with van der Waals surface area (Å²) in [6, 6.07) is 9.33. The van der Waals surface area contributed by atoms with Gasteiger partial charge in [0.15, 0.2) is 5.90 Å². The number of allylic oxidation sites excluding steroid dienone is 1. The molecule has 1 aromatic rings. The average molecular weight is 362 g/mol. The molecule has 2 bridgehead atoms. The van der Waals surface area contributed by atoms with E-state index >= 15 is 0 Å². The first kappa shape index (κ1) is 15.6. The van der Waals surface area contributed by atoms with Crippen LogP contribution < -0.4 is 4.90 Å². The highest BCUT2D eigenvalue weighted by molar-refractivity contribution is 6.23. The number of aliphatic imine (C=N–C) groups is 1. The fraction of sp³-hybridized carbons (Fsp3) is 0.500. The second-order valence-electron chi connectivity index (χ2n) is 8.43. The second-order valence-corrected chi connectivity index (χ2v) is 8.43. The summed E-state index contributed by atoms with van der Waals surface area (Å²) in [7, 11) is 0. The van der Waals surface area contributed by atoms with Gasteiger partial charge in [0.25, 0.3) is 0 Å². The van der Waals surface area contributed by atoms with Crippen LogP contribution in [0.25, 0.3) is 0 Å². The predicted molar refractivity (Wildman–Crippen MR) is 100 cm³/mol. The van der Waals surface area contributed by atoms with E-state index in [2.05, 4.69) is 12.2 Å². The molecule has 1 saturated heterocycles. The van der Waals surface area contributed by atoms with Crippen LogP contribution in [0.3, 0.4) is 0 Å². The van der Waals surface area contributed by atoms with Gasteiger partial charge in [0, 0.05) is 11.8 Å². The van der Waals surface area contributed by atoms with Gasteiger partial charge < -0.3 is 4.74 Å². The van der Waals surface area contributed by atoms with Crippen LogP contribution in [0.5, 0.6) is 0 Å². The quantitative estimate of drug-likeness (QED) is 0.600. The molecule has 138 valence electrons. The molecule has 1 aromatic carbocycles. The Labute approximate surface area is 158 Å². The third-order valence-electron chi connectivity index (χ3n) is 7.70. The fourth-order valence-electron chi connectivity index (χ4n) is 6.89. The lowest BCUT2D eigenvalue weighted by molar-refractivity contribution is -0.135. The van der Waals surface area contributed by atoms with Crippen LogP contribution in [0, 0.1) is 29.1 Å². The highest BCUT2D eigenvalue weighted by Gasteiger charge is 2.80. The van der Waals surface area contributed by atoms with Gasteiger partial charge in [-0.1, -0.05) is 30.4 Å². The van der Waals surface area contributed by atoms with E-state index in [1.54, 1.807) is 0 Å². The number of para-hydroxylation sites is 1. The maximum absolute atomic E-state index is 13.5. The molecule has 0 spiro atoms. The van der Waals surface area contributed by atoms with Crippen molar-refractivity contribution >= 4 is 23.4 Å². The third kappa shape index (κ3) is 1.50. The van der Waals surface area contributed by atoms with E-state index in [0.717, 1.165) is 25.2 Å². The van der Waals surface area contributed by atoms with Gasteiger partial charge in [0.2, 0.25) is 11.8 Å². The molecule has 2 heterocycles. The Hall–Kier alpha value is -2.43. The molecule has 7 rings (SSSR count). The van der Waals surface area contributed by atoms with Crippen LogP contribution in [-0.2, 0) is 14.3 Å². The maximum atomic E-state index is 13.5. The molecule has 6 aliphatic rings. The van der Waals surface area contributed by atoms with Gasteiger partial charge in [0.05, 0.1) is 35.1 Å². The van der Waals surface area contributed by atoms with Crippen LogP contribution in [0.1, 0.15) is 26.2 Å². The molecule has 2 aliphatic heterocycles. The summed E-state index contributed by atoms with van der Waals surface area (Å²) < 4.78 is 5.93. The zero-order chi connectivity index (χ0) is 18.4. The molecule has 2 saturated carbocycles. The molecule has 0 N–H and O–H groups in total. The van der Waals surface area contributed by atoms with E-state index in [1.807, 2.05) is 37.3 Å². The molecule has 3 fully saturated rings. The van der Waals surface area contributed by atoms with Gasteiger partial charge >= 0.3 is 0 Å². The normalized spacial score (nSPS) is 43.1. The first-order chi connectivity index (χ1) is 13.2. The summed E-state index contributed by atoms with van der Waals surface area (Å²) in [5, 5.41) is 0. The number of hydrogen-bond acceptors (Lipinski definition) is 4. The summed E-state index contributed by atoms with van der Waals surface area (Å²) in [5.41, 5.74) is 0.271. The predicted octanol–water partition coefficient (Wildman–Crippen LogP) is 2.97. The van der Waals surface area contributed by atoms with Gasteiger partial charge in [-0.15, -0.1) is 0 Å². The summed E-state index contributed by atoms with van der Waals surface area (Å²) in [6.45, 7) is 2.57. The molecule has 6 atom stereocenters. The number of carbonyl (C=O) groups excluding carboxylic acids is 2. The van der Waals surface area contributed by atoms with E-state index in [-0.39, 0.29) is 46.4 Å². The number of hydrogen-bond donors (Lipinski definition) is 0. The summed E-state index contributed by atoms with van der Waals surface area (Å²) in [6.07, 6.45) is 7.46. The molecular formula is C22H22N2O3. The summed E-state index contributed by atoms with van der Waals surface area (Å²) >= 11 is 0. The number of carbonyl (C=O) groups is 2. The lowest BCUT2D eigenvalue weighted by Crippen LogP contribution is -2.72. The molecule has 4 aliphatic carbocycles. The Morgan fingerprint density at radius 1 is 1.07 bits per heavy atom. The van der Waals surface area contributed by atoms with Crippen molar-refractivity contribution in [2.75, 3.05) is 11.5 Å². The van der Waals surface area contributed by atoms with Crippen molar-refractivity contribution in [2.45, 2.75) is 31.7 Å². The number of benzene rings is 1. The van der Waals surface area contributed by atoms with E-state index in [1.165, 1.54) is 4.90 Å². The minimum absolute atomic E-state index is 0.00404. The van der Waals surface area contributed by atoms with E-state index in [9.17, 15) is 9.59 Å². The second kappa shape index (κ2) is 4.89. The Morgan fingerprint density at radius 3 is 2.52 bits per heavy atom. The van der Waals surface area contributed by atoms with Crippen molar-refractivity contribution < 1.29 is 14.3 Å². The number of anilines is 1. The van der Waals surface area contributed by atoms with Crippen molar-refractivity contribution in [1.29, 1.82) is 0 Å². The lowest BCUT2D eigenvalue weighted by atomic mass is 9.42. The average Bonchev–Trinajstić information content (AvgIpc) is 3.16. The van der Waals surface area contributed by atoms with Crippen LogP contribution in [0.15, 0.2) is 47.5 Å². The number of imide groups is 1. The van der Waals surface area contributed by atoms with Gasteiger partial charge in [-0.3, -0.25) is 14.5 Å². The van der Waals surface area contributed by atoms with Crippen molar-refractivity contribution in [3.8, 4) is 0 Å². The van der Waals surface area contributed by atoms with E-state index < -0.39 is 0 Å². The van der Waals surface area contributed by atoms with Crippen molar-refractivity contribution in [1.82, 2.24) is 0 Å². The first-order valence-electron chi connectivity index (χ1n) is 10.00. The largest absolute Gasteiger partial charge is 0.481 e. The molecule has 2 amide bonds. The van der Waals surface area contributed by atoms with E-state index in [0.29, 0.717) is 12.3 Å². The van der Waals surface area contributed by atoms with Crippen LogP contribution in [0.4, 0.5) is 5.69 Å². The topological polar surface area (TPSA) is 59.0 Å². The summed E-state index contributed by atoms with van der Waals surface area (Å²) in [5.74, 6) is 0.177. The zero-order valence-electron chi connectivity index (χ0n) is 15.3. The fourth-order valence-corrected chi connectivity index (χ4v) is 6.89. The zero-order valence-corrected chi connectivity index (χ0v) is 15.3. The molecular weight excluding hydrogens is 340 g/mol. The van der Waals surface area contributed by atoms with Gasteiger partial charge in [-0.25, -0.2) is 4.99 Å². The van der Waals surface area contributed by atoms with Crippen LogP contribution in [0.2, 0.25) is 0 Å². The SMILES string of the molecule is CCOC1=N[C@]23CCC[C@@]12[C@@H]1C=C[C@@H]3[C@H]2C(=O)N(c3ccccc3)C(=O)[C@@H]21. The van der Waals surface area contributed by atoms with Gasteiger partial charge in [-0.2, -0.15) is 0 Å².